The molecule has 6 rings (SSSR count). The van der Waals surface area contributed by atoms with Gasteiger partial charge >= 0.3 is 5.97 Å². The minimum absolute atomic E-state index is 0.0952. The number of carbonyl (C=O) groups excluding carboxylic acids is 3. The number of para-hydroxylation sites is 1. The summed E-state index contributed by atoms with van der Waals surface area (Å²) in [6.45, 7) is 8.99. The van der Waals surface area contributed by atoms with Crippen LogP contribution >= 0.6 is 11.6 Å². The Labute approximate surface area is 298 Å². The highest BCUT2D eigenvalue weighted by atomic mass is 35.5. The van der Waals surface area contributed by atoms with Gasteiger partial charge in [-0.3, -0.25) is 29.1 Å². The van der Waals surface area contributed by atoms with Gasteiger partial charge in [0.2, 0.25) is 5.85 Å². The molecule has 1 N–H and O–H groups in total. The molecule has 3 atom stereocenters. The number of ether oxygens (including phenoxy) is 2. The highest BCUT2D eigenvalue weighted by molar-refractivity contribution is 6.34. The molecular formula is C38H48ClFN4O6. The molecule has 1 aliphatic carbocycles. The molecule has 1 saturated carbocycles. The summed E-state index contributed by atoms with van der Waals surface area (Å²) in [5.74, 6) is -3.18. The van der Waals surface area contributed by atoms with Gasteiger partial charge in [0.25, 0.3) is 5.91 Å². The van der Waals surface area contributed by atoms with E-state index in [1.165, 1.54) is 18.4 Å². The van der Waals surface area contributed by atoms with Gasteiger partial charge in [-0.2, -0.15) is 0 Å². The second-order valence-electron chi connectivity index (χ2n) is 14.0. The Morgan fingerprint density at radius 1 is 1.02 bits per heavy atom. The lowest BCUT2D eigenvalue weighted by molar-refractivity contribution is -0.265. The van der Waals surface area contributed by atoms with E-state index >= 15 is 4.39 Å². The first-order chi connectivity index (χ1) is 24.0. The van der Waals surface area contributed by atoms with Crippen molar-refractivity contribution >= 4 is 45.9 Å². The van der Waals surface area contributed by atoms with Gasteiger partial charge in [-0.1, -0.05) is 29.8 Å². The molecule has 270 valence electrons. The number of hydrogen-bond acceptors (Lipinski definition) is 9. The SMILES string of the molecule is CCOC(=O)[C@H]1CC[C@H](OC(C(=O)Cc2cc(Cl)c(NC(=O)c3coc4ccccc34)cc2F)(N2CCCC2)N2C[C@H](C)N(C)[C@@H](C)C2)CC1. The molecule has 0 bridgehead atoms. The number of ketones is 1. The molecule has 3 heterocycles. The van der Waals surface area contributed by atoms with Crippen LogP contribution in [0.2, 0.25) is 5.02 Å². The summed E-state index contributed by atoms with van der Waals surface area (Å²) in [4.78, 5) is 47.2. The number of carbonyl (C=O) groups is 3. The summed E-state index contributed by atoms with van der Waals surface area (Å²) in [7, 11) is 2.09. The zero-order valence-corrected chi connectivity index (χ0v) is 30.1. The molecule has 2 aliphatic heterocycles. The van der Waals surface area contributed by atoms with E-state index in [2.05, 4.69) is 40.9 Å². The summed E-state index contributed by atoms with van der Waals surface area (Å²) in [5, 5.41) is 3.45. The number of nitrogens with one attached hydrogen (secondary N) is 1. The Balaban J connectivity index is 1.28. The van der Waals surface area contributed by atoms with Gasteiger partial charge in [-0.05, 0) is 90.1 Å². The smallest absolute Gasteiger partial charge is 0.308 e. The van der Waals surface area contributed by atoms with Crippen LogP contribution in [0.15, 0.2) is 47.1 Å². The number of halogens is 2. The van der Waals surface area contributed by atoms with E-state index in [9.17, 15) is 14.4 Å². The lowest BCUT2D eigenvalue weighted by atomic mass is 9.87. The van der Waals surface area contributed by atoms with E-state index in [4.69, 9.17) is 25.5 Å². The standard InChI is InChI=1S/C38H48ClFN4O6/c1-5-48-37(47)26-12-14-28(15-13-26)50-38(43-16-8-9-17-43,44-21-24(2)42(4)25(3)22-44)35(45)19-27-18-31(39)33(20-32(27)40)41-36(46)30-23-49-34-11-7-6-10-29(30)34/h6-7,10-11,18,20,23-26,28H,5,8-9,12-17,19,21-22H2,1-4H3,(H,41,46)/t24-,25-,26-,28-,38?/m0/s1. The van der Waals surface area contributed by atoms with E-state index in [-0.39, 0.29) is 58.6 Å². The monoisotopic (exact) mass is 710 g/mol. The number of furan rings is 1. The van der Waals surface area contributed by atoms with E-state index < -0.39 is 17.6 Å². The number of piperazine rings is 1. The first-order valence-electron chi connectivity index (χ1n) is 17.9. The van der Waals surface area contributed by atoms with Crippen molar-refractivity contribution in [2.45, 2.75) is 89.8 Å². The fourth-order valence-electron chi connectivity index (χ4n) is 7.80. The van der Waals surface area contributed by atoms with Crippen molar-refractivity contribution < 1.29 is 32.7 Å². The van der Waals surface area contributed by atoms with Crippen molar-refractivity contribution in [1.82, 2.24) is 14.7 Å². The van der Waals surface area contributed by atoms with Crippen molar-refractivity contribution in [2.24, 2.45) is 5.92 Å². The third-order valence-electron chi connectivity index (χ3n) is 10.8. The van der Waals surface area contributed by atoms with Crippen molar-refractivity contribution in [3.8, 4) is 0 Å². The maximum atomic E-state index is 16.0. The number of likely N-dealkylation sites (tertiary alicyclic amines) is 1. The van der Waals surface area contributed by atoms with Crippen molar-refractivity contribution in [1.29, 1.82) is 0 Å². The van der Waals surface area contributed by atoms with Gasteiger partial charge in [0, 0.05) is 50.1 Å². The molecule has 10 nitrogen and oxygen atoms in total. The van der Waals surface area contributed by atoms with Crippen LogP contribution < -0.4 is 5.32 Å². The minimum Gasteiger partial charge on any atom is -0.466 e. The van der Waals surface area contributed by atoms with Gasteiger partial charge in [-0.25, -0.2) is 4.39 Å². The maximum Gasteiger partial charge on any atom is 0.308 e. The van der Waals surface area contributed by atoms with Gasteiger partial charge in [0.1, 0.15) is 17.7 Å². The topological polar surface area (TPSA) is 105 Å². The number of Topliss-reactive ketones (excluding diaryl/α,β-unsaturated/α-hetero) is 1. The van der Waals surface area contributed by atoms with Crippen LogP contribution in [-0.4, -0.2) is 96.2 Å². The number of benzene rings is 2. The maximum absolute atomic E-state index is 16.0. The lowest BCUT2D eigenvalue weighted by Crippen LogP contribution is -2.72. The molecule has 0 radical (unpaired) electrons. The quantitative estimate of drug-likeness (QED) is 0.223. The third kappa shape index (κ3) is 7.34. The highest BCUT2D eigenvalue weighted by Gasteiger charge is 2.54. The zero-order valence-electron chi connectivity index (χ0n) is 29.4. The number of hydrogen-bond donors (Lipinski definition) is 1. The molecule has 1 aromatic heterocycles. The number of anilines is 1. The summed E-state index contributed by atoms with van der Waals surface area (Å²) >= 11 is 6.66. The Bertz CT molecular complexity index is 1690. The third-order valence-corrected chi connectivity index (χ3v) is 11.1. The molecule has 3 fully saturated rings. The molecule has 1 unspecified atom stereocenters. The minimum atomic E-state index is -1.42. The summed E-state index contributed by atoms with van der Waals surface area (Å²) in [5.41, 5.74) is 1.08. The molecule has 2 aromatic carbocycles. The molecular weight excluding hydrogens is 663 g/mol. The second kappa shape index (κ2) is 15.5. The molecule has 2 saturated heterocycles. The average Bonchev–Trinajstić information content (AvgIpc) is 3.80. The summed E-state index contributed by atoms with van der Waals surface area (Å²) < 4.78 is 33.8. The molecule has 0 spiro atoms. The van der Waals surface area contributed by atoms with Gasteiger partial charge in [-0.15, -0.1) is 0 Å². The van der Waals surface area contributed by atoms with Crippen LogP contribution in [0.5, 0.6) is 0 Å². The van der Waals surface area contributed by atoms with E-state index in [1.54, 1.807) is 18.2 Å². The molecule has 3 aromatic rings. The predicted octanol–water partition coefficient (Wildman–Crippen LogP) is 6.50. The van der Waals surface area contributed by atoms with Crippen molar-refractivity contribution in [3.63, 3.8) is 0 Å². The number of likely N-dealkylation sites (N-methyl/N-ethyl adjacent to an activating group) is 1. The van der Waals surface area contributed by atoms with Crippen molar-refractivity contribution in [3.05, 3.63) is 64.6 Å². The fourth-order valence-corrected chi connectivity index (χ4v) is 8.03. The number of esters is 1. The first kappa shape index (κ1) is 36.4. The average molecular weight is 711 g/mol. The van der Waals surface area contributed by atoms with Gasteiger partial charge in [0.15, 0.2) is 5.78 Å². The van der Waals surface area contributed by atoms with E-state index in [0.717, 1.165) is 12.8 Å². The van der Waals surface area contributed by atoms with Crippen LogP contribution in [0.3, 0.4) is 0 Å². The first-order valence-corrected chi connectivity index (χ1v) is 18.2. The van der Waals surface area contributed by atoms with E-state index in [0.29, 0.717) is 75.0 Å². The molecule has 12 heteroatoms. The largest absolute Gasteiger partial charge is 0.466 e. The highest BCUT2D eigenvalue weighted by Crippen LogP contribution is 2.38. The Kier molecular flexibility index (Phi) is 11.3. The fraction of sp³-hybridized carbons (Fsp3) is 0.553. The molecule has 1 amide bonds. The molecule has 50 heavy (non-hydrogen) atoms. The predicted molar refractivity (Wildman–Crippen MR) is 190 cm³/mol. The van der Waals surface area contributed by atoms with Crippen LogP contribution in [0.25, 0.3) is 11.0 Å². The van der Waals surface area contributed by atoms with Crippen LogP contribution in [0.4, 0.5) is 10.1 Å². The van der Waals surface area contributed by atoms with Crippen LogP contribution in [-0.2, 0) is 25.5 Å². The van der Waals surface area contributed by atoms with Gasteiger partial charge < -0.3 is 19.2 Å². The van der Waals surface area contributed by atoms with E-state index in [1.807, 2.05) is 13.0 Å². The number of rotatable bonds is 11. The lowest BCUT2D eigenvalue weighted by Gasteiger charge is -2.54. The second-order valence-corrected chi connectivity index (χ2v) is 14.4. The number of nitrogens with zero attached hydrogens (tertiary/aromatic N) is 3. The number of fused-ring (bicyclic) bond motifs is 1. The Morgan fingerprint density at radius 2 is 1.70 bits per heavy atom. The Hall–Kier alpha value is -3.35. The normalized spacial score (nSPS) is 25.0. The zero-order chi connectivity index (χ0) is 35.6. The Morgan fingerprint density at radius 3 is 2.38 bits per heavy atom. The van der Waals surface area contributed by atoms with Crippen LogP contribution in [0.1, 0.15) is 75.2 Å². The van der Waals surface area contributed by atoms with Crippen molar-refractivity contribution in [2.75, 3.05) is 45.2 Å². The molecule has 3 aliphatic rings. The number of amides is 1. The summed E-state index contributed by atoms with van der Waals surface area (Å²) in [6.07, 6.45) is 5.16. The van der Waals surface area contributed by atoms with Crippen LogP contribution in [0, 0.1) is 11.7 Å². The van der Waals surface area contributed by atoms with Gasteiger partial charge in [0.05, 0.1) is 34.9 Å². The summed E-state index contributed by atoms with van der Waals surface area (Å²) in [6, 6.07) is 10.0.